The maximum absolute atomic E-state index is 13.3. The van der Waals surface area contributed by atoms with Crippen LogP contribution in [0.15, 0.2) is 34.1 Å². The zero-order valence-electron chi connectivity index (χ0n) is 19.6. The average molecular weight is 462 g/mol. The molecule has 0 atom stereocenters. The summed E-state index contributed by atoms with van der Waals surface area (Å²) in [6.07, 6.45) is 7.28. The Kier molecular flexibility index (Phi) is 7.77. The van der Waals surface area contributed by atoms with Crippen molar-refractivity contribution in [3.05, 3.63) is 40.2 Å². The van der Waals surface area contributed by atoms with Gasteiger partial charge in [-0.3, -0.25) is 9.59 Å². The van der Waals surface area contributed by atoms with Crippen molar-refractivity contribution in [1.29, 1.82) is 0 Å². The topological polar surface area (TPSA) is 88.5 Å². The number of fused-ring (bicyclic) bond motifs is 1. The number of nitrogens with zero attached hydrogens (tertiary/aromatic N) is 2. The fraction of sp³-hybridized carbons (Fsp3) is 0.583. The number of pyridine rings is 1. The first-order valence-electron chi connectivity index (χ1n) is 11.6. The van der Waals surface area contributed by atoms with Gasteiger partial charge in [-0.15, -0.1) is 0 Å². The Labute approximate surface area is 190 Å². The Hall–Kier alpha value is -2.19. The Balaban J connectivity index is 2.01. The first kappa shape index (κ1) is 24.5. The standard InChI is InChI=1S/C24H35N3O4S/c1-5-27-16-21(24(29)25-14-13-17(2)3)23(28)20-15-19(11-12-22(20)27)32(30,31)26(4)18-9-7-6-8-10-18/h11-12,15-18H,5-10,13-14H2,1-4H3,(H,25,29). The maximum atomic E-state index is 13.3. The number of carbonyl (C=O) groups is 1. The molecule has 1 aliphatic rings. The Morgan fingerprint density at radius 1 is 1.22 bits per heavy atom. The third-order valence-corrected chi connectivity index (χ3v) is 8.32. The number of benzene rings is 1. The van der Waals surface area contributed by atoms with Gasteiger partial charge < -0.3 is 9.88 Å². The molecular formula is C24H35N3O4S. The normalized spacial score (nSPS) is 15.6. The quantitative estimate of drug-likeness (QED) is 0.648. The van der Waals surface area contributed by atoms with E-state index >= 15 is 0 Å². The number of aryl methyl sites for hydroxylation is 1. The summed E-state index contributed by atoms with van der Waals surface area (Å²) in [4.78, 5) is 26.0. The van der Waals surface area contributed by atoms with Crippen molar-refractivity contribution >= 4 is 26.8 Å². The first-order valence-corrected chi connectivity index (χ1v) is 13.0. The zero-order valence-corrected chi connectivity index (χ0v) is 20.4. The van der Waals surface area contributed by atoms with Crippen LogP contribution in [0.3, 0.4) is 0 Å². The van der Waals surface area contributed by atoms with Gasteiger partial charge in [0.15, 0.2) is 0 Å². The van der Waals surface area contributed by atoms with Gasteiger partial charge in [0, 0.05) is 37.8 Å². The highest BCUT2D eigenvalue weighted by molar-refractivity contribution is 7.89. The molecule has 0 saturated heterocycles. The smallest absolute Gasteiger partial charge is 0.256 e. The van der Waals surface area contributed by atoms with Gasteiger partial charge in [0.1, 0.15) is 5.56 Å². The molecule has 0 bridgehead atoms. The molecule has 1 aromatic heterocycles. The lowest BCUT2D eigenvalue weighted by Crippen LogP contribution is -2.38. The van der Waals surface area contributed by atoms with Crippen LogP contribution in [0.1, 0.15) is 69.7 Å². The van der Waals surface area contributed by atoms with Crippen molar-refractivity contribution in [3.8, 4) is 0 Å². The van der Waals surface area contributed by atoms with E-state index < -0.39 is 21.4 Å². The van der Waals surface area contributed by atoms with Crippen molar-refractivity contribution in [1.82, 2.24) is 14.2 Å². The van der Waals surface area contributed by atoms with E-state index in [1.165, 1.54) is 10.4 Å². The minimum Gasteiger partial charge on any atom is -0.352 e. The Morgan fingerprint density at radius 3 is 2.53 bits per heavy atom. The number of hydrogen-bond acceptors (Lipinski definition) is 4. The van der Waals surface area contributed by atoms with Crippen LogP contribution in [0.5, 0.6) is 0 Å². The number of hydrogen-bond donors (Lipinski definition) is 1. The predicted molar refractivity (Wildman–Crippen MR) is 127 cm³/mol. The van der Waals surface area contributed by atoms with Crippen molar-refractivity contribution < 1.29 is 13.2 Å². The van der Waals surface area contributed by atoms with Gasteiger partial charge in [-0.1, -0.05) is 33.1 Å². The molecule has 1 saturated carbocycles. The first-order chi connectivity index (χ1) is 15.2. The molecule has 0 radical (unpaired) electrons. The summed E-state index contributed by atoms with van der Waals surface area (Å²) in [5.74, 6) is 0.0143. The molecule has 1 aliphatic carbocycles. The fourth-order valence-corrected chi connectivity index (χ4v) is 5.78. The summed E-state index contributed by atoms with van der Waals surface area (Å²) in [5.41, 5.74) is 0.220. The van der Waals surface area contributed by atoms with Crippen LogP contribution < -0.4 is 10.7 Å². The predicted octanol–water partition coefficient (Wildman–Crippen LogP) is 3.75. The van der Waals surface area contributed by atoms with Crippen molar-refractivity contribution in [2.75, 3.05) is 13.6 Å². The van der Waals surface area contributed by atoms with Gasteiger partial charge in [0.25, 0.3) is 5.91 Å². The molecular weight excluding hydrogens is 426 g/mol. The monoisotopic (exact) mass is 461 g/mol. The van der Waals surface area contributed by atoms with Crippen LogP contribution in [0.25, 0.3) is 10.9 Å². The van der Waals surface area contributed by atoms with Crippen LogP contribution in [0.2, 0.25) is 0 Å². The third-order valence-electron chi connectivity index (χ3n) is 6.41. The van der Waals surface area contributed by atoms with E-state index in [4.69, 9.17) is 0 Å². The highest BCUT2D eigenvalue weighted by atomic mass is 32.2. The minimum atomic E-state index is -3.74. The van der Waals surface area contributed by atoms with Crippen LogP contribution in [-0.2, 0) is 16.6 Å². The van der Waals surface area contributed by atoms with E-state index in [2.05, 4.69) is 19.2 Å². The third kappa shape index (κ3) is 5.07. The van der Waals surface area contributed by atoms with Gasteiger partial charge in [0.2, 0.25) is 15.5 Å². The molecule has 1 N–H and O–H groups in total. The molecule has 1 fully saturated rings. The summed E-state index contributed by atoms with van der Waals surface area (Å²) in [6.45, 7) is 7.10. The highest BCUT2D eigenvalue weighted by Gasteiger charge is 2.29. The molecule has 0 spiro atoms. The van der Waals surface area contributed by atoms with E-state index in [1.54, 1.807) is 25.4 Å². The molecule has 8 heteroatoms. The second-order valence-corrected chi connectivity index (χ2v) is 11.1. The number of amides is 1. The Bertz CT molecular complexity index is 1130. The summed E-state index contributed by atoms with van der Waals surface area (Å²) in [7, 11) is -2.12. The fourth-order valence-electron chi connectivity index (χ4n) is 4.34. The summed E-state index contributed by atoms with van der Waals surface area (Å²) in [6, 6.07) is 4.64. The van der Waals surface area contributed by atoms with Gasteiger partial charge in [-0.25, -0.2) is 8.42 Å². The van der Waals surface area contributed by atoms with Gasteiger partial charge in [-0.05, 0) is 50.3 Å². The SMILES string of the molecule is CCn1cc(C(=O)NCCC(C)C)c(=O)c2cc(S(=O)(=O)N(C)C3CCCCC3)ccc21. The second-order valence-electron chi connectivity index (χ2n) is 9.09. The second kappa shape index (κ2) is 10.2. The highest BCUT2D eigenvalue weighted by Crippen LogP contribution is 2.27. The van der Waals surface area contributed by atoms with Crippen molar-refractivity contribution in [2.24, 2.45) is 5.92 Å². The molecule has 2 aromatic rings. The van der Waals surface area contributed by atoms with Gasteiger partial charge in [0.05, 0.1) is 10.4 Å². The van der Waals surface area contributed by atoms with Gasteiger partial charge in [-0.2, -0.15) is 4.31 Å². The van der Waals surface area contributed by atoms with Crippen molar-refractivity contribution in [2.45, 2.75) is 76.8 Å². The largest absolute Gasteiger partial charge is 0.352 e. The molecule has 0 unspecified atom stereocenters. The average Bonchev–Trinajstić information content (AvgIpc) is 2.78. The number of sulfonamides is 1. The molecule has 1 heterocycles. The van der Waals surface area contributed by atoms with Crippen molar-refractivity contribution in [3.63, 3.8) is 0 Å². The summed E-state index contributed by atoms with van der Waals surface area (Å²) in [5, 5.41) is 3.07. The molecule has 3 rings (SSSR count). The summed E-state index contributed by atoms with van der Waals surface area (Å²) >= 11 is 0. The van der Waals surface area contributed by atoms with Crippen LogP contribution in [0, 0.1) is 5.92 Å². The molecule has 1 aromatic carbocycles. The lowest BCUT2D eigenvalue weighted by Gasteiger charge is -2.30. The van der Waals surface area contributed by atoms with E-state index in [-0.39, 0.29) is 21.9 Å². The number of aromatic nitrogens is 1. The molecule has 0 aliphatic heterocycles. The number of rotatable bonds is 8. The maximum Gasteiger partial charge on any atom is 0.256 e. The molecule has 32 heavy (non-hydrogen) atoms. The van der Waals surface area contributed by atoms with Crippen LogP contribution in [-0.4, -0.2) is 42.8 Å². The minimum absolute atomic E-state index is 0.0187. The van der Waals surface area contributed by atoms with E-state index in [0.29, 0.717) is 24.5 Å². The molecule has 176 valence electrons. The molecule has 1 amide bonds. The summed E-state index contributed by atoms with van der Waals surface area (Å²) < 4.78 is 29.9. The number of nitrogens with one attached hydrogen (secondary N) is 1. The lowest BCUT2D eigenvalue weighted by atomic mass is 9.96. The Morgan fingerprint density at radius 2 is 1.91 bits per heavy atom. The van der Waals surface area contributed by atoms with E-state index in [1.807, 2.05) is 11.5 Å². The molecule has 7 nitrogen and oxygen atoms in total. The number of carbonyl (C=O) groups excluding carboxylic acids is 1. The van der Waals surface area contributed by atoms with E-state index in [0.717, 1.165) is 38.5 Å². The van der Waals surface area contributed by atoms with Crippen LogP contribution in [0.4, 0.5) is 0 Å². The zero-order chi connectivity index (χ0) is 23.5. The van der Waals surface area contributed by atoms with E-state index in [9.17, 15) is 18.0 Å². The van der Waals surface area contributed by atoms with Gasteiger partial charge >= 0.3 is 0 Å². The van der Waals surface area contributed by atoms with Crippen LogP contribution >= 0.6 is 0 Å². The lowest BCUT2D eigenvalue weighted by molar-refractivity contribution is 0.0950.